The summed E-state index contributed by atoms with van der Waals surface area (Å²) in [4.78, 5) is 11.1. The number of unbranched alkanes of at least 4 members (excludes halogenated alkanes) is 6. The van der Waals surface area contributed by atoms with Crippen LogP contribution in [0.25, 0.3) is 0 Å². The molecule has 19 heavy (non-hydrogen) atoms. The van der Waals surface area contributed by atoms with Gasteiger partial charge in [-0.3, -0.25) is 4.79 Å². The molecule has 0 spiro atoms. The van der Waals surface area contributed by atoms with Crippen molar-refractivity contribution in [3.8, 4) is 0 Å². The van der Waals surface area contributed by atoms with Gasteiger partial charge in [-0.1, -0.05) is 45.4 Å². The number of rotatable bonds is 11. The molecule has 0 saturated carbocycles. The smallest absolute Gasteiger partial charge is 0.748 e. The first-order valence-corrected chi connectivity index (χ1v) is 8.12. The first-order chi connectivity index (χ1) is 8.45. The van der Waals surface area contributed by atoms with Gasteiger partial charge in [0.1, 0.15) is 6.61 Å². The predicted octanol–water partition coefficient (Wildman–Crippen LogP) is -0.780. The van der Waals surface area contributed by atoms with Crippen molar-refractivity contribution >= 4 is 16.1 Å². The Kier molecular flexibility index (Phi) is 15.2. The second kappa shape index (κ2) is 13.4. The fraction of sp³-hybridized carbons (Fsp3) is 0.917. The molecule has 0 aliphatic rings. The van der Waals surface area contributed by atoms with Gasteiger partial charge in [0.05, 0.1) is 15.9 Å². The Morgan fingerprint density at radius 1 is 1.05 bits per heavy atom. The molecular formula is C12H23NaO5S. The third-order valence-electron chi connectivity index (χ3n) is 2.58. The molecular weight excluding hydrogens is 279 g/mol. The van der Waals surface area contributed by atoms with Crippen LogP contribution in [0, 0.1) is 0 Å². The largest absolute Gasteiger partial charge is 1.00 e. The molecule has 0 aromatic carbocycles. The fourth-order valence-corrected chi connectivity index (χ4v) is 1.84. The van der Waals surface area contributed by atoms with Crippen molar-refractivity contribution in [3.05, 3.63) is 0 Å². The van der Waals surface area contributed by atoms with Gasteiger partial charge in [-0.15, -0.1) is 0 Å². The molecule has 0 aliphatic carbocycles. The Hall–Kier alpha value is 0.380. The van der Waals surface area contributed by atoms with Gasteiger partial charge in [-0.2, -0.15) is 0 Å². The predicted molar refractivity (Wildman–Crippen MR) is 68.1 cm³/mol. The minimum Gasteiger partial charge on any atom is -0.748 e. The number of carbonyl (C=O) groups is 1. The van der Waals surface area contributed by atoms with E-state index in [0.717, 1.165) is 19.3 Å². The first kappa shape index (κ1) is 21.7. The average Bonchev–Trinajstić information content (AvgIpc) is 2.26. The van der Waals surface area contributed by atoms with Gasteiger partial charge in [0.2, 0.25) is 0 Å². The molecule has 0 amide bonds. The summed E-state index contributed by atoms with van der Waals surface area (Å²) in [7, 11) is -4.29. The Morgan fingerprint density at radius 2 is 1.58 bits per heavy atom. The van der Waals surface area contributed by atoms with Crippen molar-refractivity contribution in [2.45, 2.75) is 58.3 Å². The SMILES string of the molecule is CCCCCCCCCC(=O)OCCS(=O)(=O)[O-].[Na+]. The molecule has 0 aromatic heterocycles. The van der Waals surface area contributed by atoms with Crippen LogP contribution in [0.5, 0.6) is 0 Å². The van der Waals surface area contributed by atoms with Crippen LogP contribution in [0.3, 0.4) is 0 Å². The average molecular weight is 302 g/mol. The molecule has 0 unspecified atom stereocenters. The molecule has 0 atom stereocenters. The molecule has 0 aromatic rings. The number of ether oxygens (including phenoxy) is 1. The maximum atomic E-state index is 11.1. The van der Waals surface area contributed by atoms with Gasteiger partial charge in [0.15, 0.2) is 0 Å². The molecule has 5 nitrogen and oxygen atoms in total. The van der Waals surface area contributed by atoms with Crippen molar-refractivity contribution in [1.29, 1.82) is 0 Å². The molecule has 0 N–H and O–H groups in total. The summed E-state index contributed by atoms with van der Waals surface area (Å²) in [5, 5.41) is 0. The molecule has 0 saturated heterocycles. The maximum absolute atomic E-state index is 11.1. The van der Waals surface area contributed by atoms with E-state index in [9.17, 15) is 17.8 Å². The molecule has 0 aliphatic heterocycles. The summed E-state index contributed by atoms with van der Waals surface area (Å²) in [5.41, 5.74) is 0. The summed E-state index contributed by atoms with van der Waals surface area (Å²) in [6.07, 6.45) is 8.06. The zero-order valence-corrected chi connectivity index (χ0v) is 14.8. The minimum atomic E-state index is -4.29. The zero-order valence-electron chi connectivity index (χ0n) is 12.0. The Bertz CT molecular complexity index is 316. The van der Waals surface area contributed by atoms with E-state index >= 15 is 0 Å². The number of hydrogen-bond acceptors (Lipinski definition) is 5. The van der Waals surface area contributed by atoms with Crippen LogP contribution in [-0.2, 0) is 19.6 Å². The third kappa shape index (κ3) is 18.4. The van der Waals surface area contributed by atoms with E-state index in [1.165, 1.54) is 25.7 Å². The number of hydrogen-bond donors (Lipinski definition) is 0. The third-order valence-corrected chi connectivity index (χ3v) is 3.25. The van der Waals surface area contributed by atoms with Crippen LogP contribution in [0.4, 0.5) is 0 Å². The first-order valence-electron chi connectivity index (χ1n) is 6.55. The van der Waals surface area contributed by atoms with E-state index in [2.05, 4.69) is 11.7 Å². The normalized spacial score (nSPS) is 10.8. The number of esters is 1. The summed E-state index contributed by atoms with van der Waals surface area (Å²) < 4.78 is 35.4. The van der Waals surface area contributed by atoms with E-state index in [4.69, 9.17) is 0 Å². The number of carbonyl (C=O) groups excluding carboxylic acids is 1. The molecule has 108 valence electrons. The monoisotopic (exact) mass is 302 g/mol. The van der Waals surface area contributed by atoms with Crippen LogP contribution in [-0.4, -0.2) is 31.3 Å². The van der Waals surface area contributed by atoms with Crippen molar-refractivity contribution in [2.24, 2.45) is 0 Å². The Labute approximate surface area is 138 Å². The molecule has 7 heteroatoms. The van der Waals surface area contributed by atoms with Crippen LogP contribution in [0.1, 0.15) is 58.3 Å². The summed E-state index contributed by atoms with van der Waals surface area (Å²) in [6.45, 7) is 1.83. The van der Waals surface area contributed by atoms with Crippen LogP contribution in [0.2, 0.25) is 0 Å². The van der Waals surface area contributed by atoms with E-state index in [1.807, 2.05) is 0 Å². The molecule has 0 fully saturated rings. The quantitative estimate of drug-likeness (QED) is 0.216. The van der Waals surface area contributed by atoms with Crippen molar-refractivity contribution < 1.29 is 52.1 Å². The maximum Gasteiger partial charge on any atom is 1.00 e. The summed E-state index contributed by atoms with van der Waals surface area (Å²) in [6, 6.07) is 0. The Balaban J connectivity index is 0. The summed E-state index contributed by atoms with van der Waals surface area (Å²) in [5.74, 6) is -1.07. The zero-order chi connectivity index (χ0) is 13.9. The molecule has 0 rings (SSSR count). The van der Waals surface area contributed by atoms with Crippen molar-refractivity contribution in [2.75, 3.05) is 12.4 Å². The van der Waals surface area contributed by atoms with E-state index < -0.39 is 21.8 Å². The van der Waals surface area contributed by atoms with Crippen molar-refractivity contribution in [1.82, 2.24) is 0 Å². The van der Waals surface area contributed by atoms with Crippen LogP contribution >= 0.6 is 0 Å². The molecule has 0 bridgehead atoms. The second-order valence-electron chi connectivity index (χ2n) is 4.35. The van der Waals surface area contributed by atoms with Gasteiger partial charge in [0.25, 0.3) is 0 Å². The minimum absolute atomic E-state index is 0. The van der Waals surface area contributed by atoms with E-state index in [0.29, 0.717) is 6.42 Å². The topological polar surface area (TPSA) is 83.5 Å². The second-order valence-corrected chi connectivity index (χ2v) is 5.88. The Morgan fingerprint density at radius 3 is 2.11 bits per heavy atom. The van der Waals surface area contributed by atoms with Gasteiger partial charge in [-0.05, 0) is 6.42 Å². The fourth-order valence-electron chi connectivity index (χ4n) is 1.56. The van der Waals surface area contributed by atoms with E-state index in [1.54, 1.807) is 0 Å². The summed E-state index contributed by atoms with van der Waals surface area (Å²) >= 11 is 0. The molecule has 0 radical (unpaired) electrons. The van der Waals surface area contributed by atoms with Crippen LogP contribution < -0.4 is 29.6 Å². The van der Waals surface area contributed by atoms with Gasteiger partial charge < -0.3 is 9.29 Å². The van der Waals surface area contributed by atoms with Gasteiger partial charge in [0, 0.05) is 6.42 Å². The van der Waals surface area contributed by atoms with Gasteiger partial charge in [-0.25, -0.2) is 8.42 Å². The molecule has 0 heterocycles. The standard InChI is InChI=1S/C12H24O5S.Na/c1-2-3-4-5-6-7-8-9-12(13)17-10-11-18(14,15)16;/h2-11H2,1H3,(H,14,15,16);/q;+1/p-1. The van der Waals surface area contributed by atoms with Crippen molar-refractivity contribution in [3.63, 3.8) is 0 Å². The van der Waals surface area contributed by atoms with Crippen LogP contribution in [0.15, 0.2) is 0 Å². The van der Waals surface area contributed by atoms with Gasteiger partial charge >= 0.3 is 35.5 Å². The van der Waals surface area contributed by atoms with E-state index in [-0.39, 0.29) is 36.2 Å².